The Hall–Kier alpha value is -1.33. The lowest BCUT2D eigenvalue weighted by atomic mass is 10.2. The molecule has 1 aromatic rings. The Bertz CT molecular complexity index is 346. The summed E-state index contributed by atoms with van der Waals surface area (Å²) in [5.74, 6) is 5.30. The molecule has 16 heavy (non-hydrogen) atoms. The summed E-state index contributed by atoms with van der Waals surface area (Å²) in [6, 6.07) is 10.4. The summed E-state index contributed by atoms with van der Waals surface area (Å²) < 4.78 is 0. The van der Waals surface area contributed by atoms with Crippen LogP contribution >= 0.6 is 12.2 Å². The van der Waals surface area contributed by atoms with Crippen LogP contribution in [0.5, 0.6) is 0 Å². The number of hydrogen-bond donors (Lipinski definition) is 2. The number of nitrogens with one attached hydrogen (secondary N) is 1. The zero-order valence-electron chi connectivity index (χ0n) is 9.10. The normalized spacial score (nSPS) is 16.1. The molecule has 1 fully saturated rings. The van der Waals surface area contributed by atoms with E-state index in [2.05, 4.69) is 39.5 Å². The van der Waals surface area contributed by atoms with Gasteiger partial charge in [0.15, 0.2) is 5.11 Å². The molecule has 1 saturated heterocycles. The third-order valence-corrected chi connectivity index (χ3v) is 3.19. The second-order valence-corrected chi connectivity index (χ2v) is 4.15. The SMILES string of the molecule is NNC(=S)N1CCN(c2ccccc2)CC1. The van der Waals surface area contributed by atoms with Gasteiger partial charge in [-0.3, -0.25) is 0 Å². The molecule has 0 amide bonds. The van der Waals surface area contributed by atoms with Crippen molar-refractivity contribution >= 4 is 23.0 Å². The number of benzene rings is 1. The van der Waals surface area contributed by atoms with E-state index in [-0.39, 0.29) is 0 Å². The number of nitrogens with zero attached hydrogens (tertiary/aromatic N) is 2. The Morgan fingerprint density at radius 1 is 1.12 bits per heavy atom. The van der Waals surface area contributed by atoms with Crippen LogP contribution in [-0.4, -0.2) is 36.2 Å². The maximum atomic E-state index is 5.30. The minimum Gasteiger partial charge on any atom is -0.368 e. The molecule has 3 N–H and O–H groups in total. The molecule has 0 atom stereocenters. The van der Waals surface area contributed by atoms with Gasteiger partial charge < -0.3 is 15.2 Å². The molecule has 1 aromatic carbocycles. The molecule has 0 saturated carbocycles. The Kier molecular flexibility index (Phi) is 3.58. The van der Waals surface area contributed by atoms with Crippen LogP contribution in [0.1, 0.15) is 0 Å². The van der Waals surface area contributed by atoms with Gasteiger partial charge in [0.05, 0.1) is 0 Å². The van der Waals surface area contributed by atoms with Crippen LogP contribution < -0.4 is 16.2 Å². The summed E-state index contributed by atoms with van der Waals surface area (Å²) in [5.41, 5.74) is 3.80. The fraction of sp³-hybridized carbons (Fsp3) is 0.364. The van der Waals surface area contributed by atoms with E-state index in [0.29, 0.717) is 5.11 Å². The van der Waals surface area contributed by atoms with Gasteiger partial charge in [-0.25, -0.2) is 5.84 Å². The third-order valence-electron chi connectivity index (χ3n) is 2.81. The Balaban J connectivity index is 1.93. The minimum atomic E-state index is 0.632. The summed E-state index contributed by atoms with van der Waals surface area (Å²) in [7, 11) is 0. The molecule has 5 heteroatoms. The van der Waals surface area contributed by atoms with Crippen molar-refractivity contribution in [3.05, 3.63) is 30.3 Å². The Morgan fingerprint density at radius 3 is 2.31 bits per heavy atom. The van der Waals surface area contributed by atoms with E-state index in [9.17, 15) is 0 Å². The first kappa shape index (κ1) is 11.2. The lowest BCUT2D eigenvalue weighted by Gasteiger charge is -2.37. The number of anilines is 1. The average molecular weight is 236 g/mol. The number of hydrogen-bond acceptors (Lipinski definition) is 3. The number of thiocarbonyl (C=S) groups is 1. The predicted octanol–water partition coefficient (Wildman–Crippen LogP) is 0.557. The van der Waals surface area contributed by atoms with Gasteiger partial charge in [0, 0.05) is 31.9 Å². The van der Waals surface area contributed by atoms with Crippen LogP contribution in [0.15, 0.2) is 30.3 Å². The average Bonchev–Trinajstić information content (AvgIpc) is 2.39. The van der Waals surface area contributed by atoms with Gasteiger partial charge in [0.25, 0.3) is 0 Å². The molecule has 0 unspecified atom stereocenters. The van der Waals surface area contributed by atoms with E-state index >= 15 is 0 Å². The monoisotopic (exact) mass is 236 g/mol. The largest absolute Gasteiger partial charge is 0.368 e. The number of piperazine rings is 1. The highest BCUT2D eigenvalue weighted by Gasteiger charge is 2.18. The molecular formula is C11H16N4S. The summed E-state index contributed by atoms with van der Waals surface area (Å²) >= 11 is 5.10. The lowest BCUT2D eigenvalue weighted by Crippen LogP contribution is -2.53. The van der Waals surface area contributed by atoms with Crippen LogP contribution in [0.2, 0.25) is 0 Å². The second kappa shape index (κ2) is 5.14. The van der Waals surface area contributed by atoms with Gasteiger partial charge in [0.1, 0.15) is 0 Å². The summed E-state index contributed by atoms with van der Waals surface area (Å²) in [6.07, 6.45) is 0. The molecule has 86 valence electrons. The van der Waals surface area contributed by atoms with E-state index in [1.165, 1.54) is 5.69 Å². The van der Waals surface area contributed by atoms with E-state index in [4.69, 9.17) is 18.1 Å². The molecule has 4 nitrogen and oxygen atoms in total. The first-order chi connectivity index (χ1) is 7.81. The molecular weight excluding hydrogens is 220 g/mol. The van der Waals surface area contributed by atoms with Crippen LogP contribution in [0.3, 0.4) is 0 Å². The van der Waals surface area contributed by atoms with Crippen molar-refractivity contribution in [2.75, 3.05) is 31.1 Å². The number of hydrazine groups is 1. The van der Waals surface area contributed by atoms with Crippen LogP contribution in [0.4, 0.5) is 5.69 Å². The number of nitrogens with two attached hydrogens (primary N) is 1. The van der Waals surface area contributed by atoms with Crippen molar-refractivity contribution in [1.29, 1.82) is 0 Å². The summed E-state index contributed by atoms with van der Waals surface area (Å²) in [6.45, 7) is 3.79. The molecule has 0 aromatic heterocycles. The highest BCUT2D eigenvalue weighted by Crippen LogP contribution is 2.15. The van der Waals surface area contributed by atoms with Gasteiger partial charge in [-0.1, -0.05) is 18.2 Å². The van der Waals surface area contributed by atoms with Crippen LogP contribution in [0.25, 0.3) is 0 Å². The molecule has 2 rings (SSSR count). The molecule has 1 aliphatic heterocycles. The van der Waals surface area contributed by atoms with Crippen molar-refractivity contribution in [3.63, 3.8) is 0 Å². The zero-order chi connectivity index (χ0) is 11.4. The van der Waals surface area contributed by atoms with Gasteiger partial charge in [-0.15, -0.1) is 0 Å². The fourth-order valence-electron chi connectivity index (χ4n) is 1.90. The first-order valence-corrected chi connectivity index (χ1v) is 5.77. The van der Waals surface area contributed by atoms with E-state index in [0.717, 1.165) is 26.2 Å². The summed E-state index contributed by atoms with van der Waals surface area (Å²) in [4.78, 5) is 4.45. The third kappa shape index (κ3) is 2.43. The number of rotatable bonds is 1. The summed E-state index contributed by atoms with van der Waals surface area (Å²) in [5, 5.41) is 0.632. The van der Waals surface area contributed by atoms with Crippen LogP contribution in [0, 0.1) is 0 Å². The predicted molar refractivity (Wildman–Crippen MR) is 70.1 cm³/mol. The van der Waals surface area contributed by atoms with Crippen molar-refractivity contribution in [2.45, 2.75) is 0 Å². The highest BCUT2D eigenvalue weighted by molar-refractivity contribution is 7.80. The van der Waals surface area contributed by atoms with Crippen molar-refractivity contribution in [3.8, 4) is 0 Å². The van der Waals surface area contributed by atoms with Crippen molar-refractivity contribution in [2.24, 2.45) is 5.84 Å². The molecule has 1 aliphatic rings. The lowest BCUT2D eigenvalue weighted by molar-refractivity contribution is 0.381. The quantitative estimate of drug-likeness (QED) is 0.424. The van der Waals surface area contributed by atoms with E-state index in [1.54, 1.807) is 0 Å². The second-order valence-electron chi connectivity index (χ2n) is 3.76. The molecule has 0 radical (unpaired) electrons. The Morgan fingerprint density at radius 2 is 1.75 bits per heavy atom. The fourth-order valence-corrected chi connectivity index (χ4v) is 2.08. The topological polar surface area (TPSA) is 44.5 Å². The van der Waals surface area contributed by atoms with Gasteiger partial charge in [-0.2, -0.15) is 0 Å². The first-order valence-electron chi connectivity index (χ1n) is 5.37. The maximum Gasteiger partial charge on any atom is 0.183 e. The van der Waals surface area contributed by atoms with Crippen LogP contribution in [-0.2, 0) is 0 Å². The minimum absolute atomic E-state index is 0.632. The Labute approximate surface area is 101 Å². The standard InChI is InChI=1S/C11H16N4S/c12-13-11(16)15-8-6-14(7-9-15)10-4-2-1-3-5-10/h1-5H,6-9,12H2,(H,13,16). The molecule has 0 bridgehead atoms. The van der Waals surface area contributed by atoms with Crippen molar-refractivity contribution < 1.29 is 0 Å². The zero-order valence-corrected chi connectivity index (χ0v) is 9.91. The van der Waals surface area contributed by atoms with Crippen molar-refractivity contribution in [1.82, 2.24) is 10.3 Å². The van der Waals surface area contributed by atoms with E-state index in [1.807, 2.05) is 6.07 Å². The van der Waals surface area contributed by atoms with E-state index < -0.39 is 0 Å². The molecule has 1 heterocycles. The highest BCUT2D eigenvalue weighted by atomic mass is 32.1. The van der Waals surface area contributed by atoms with Gasteiger partial charge in [-0.05, 0) is 24.4 Å². The molecule has 0 spiro atoms. The maximum absolute atomic E-state index is 5.30. The van der Waals surface area contributed by atoms with Gasteiger partial charge >= 0.3 is 0 Å². The van der Waals surface area contributed by atoms with Gasteiger partial charge in [0.2, 0.25) is 0 Å². The smallest absolute Gasteiger partial charge is 0.183 e. The number of para-hydroxylation sites is 1. The molecule has 0 aliphatic carbocycles.